The van der Waals surface area contributed by atoms with E-state index >= 15 is 0 Å². The molecule has 2 rings (SSSR count). The van der Waals surface area contributed by atoms with Crippen molar-refractivity contribution in [1.82, 2.24) is 9.97 Å². The van der Waals surface area contributed by atoms with E-state index in [2.05, 4.69) is 9.97 Å². The number of aliphatic hydroxyl groups is 1. The minimum atomic E-state index is -1.03. The molecule has 0 amide bonds. The summed E-state index contributed by atoms with van der Waals surface area (Å²) in [4.78, 5) is 21.2. The van der Waals surface area contributed by atoms with Gasteiger partial charge in [0.15, 0.2) is 0 Å². The zero-order valence-corrected chi connectivity index (χ0v) is 10.6. The number of carbonyl (C=O) groups is 1. The Morgan fingerprint density at radius 1 is 1.44 bits per heavy atom. The SMILES string of the molecule is Cc1ncc(C(=O)O)c(N2CCC(C)(O)CC2)n1. The van der Waals surface area contributed by atoms with Gasteiger partial charge in [-0.15, -0.1) is 0 Å². The Balaban J connectivity index is 2.28. The molecule has 1 aromatic rings. The van der Waals surface area contributed by atoms with E-state index in [-0.39, 0.29) is 5.56 Å². The lowest BCUT2D eigenvalue weighted by atomic mass is 9.94. The van der Waals surface area contributed by atoms with Gasteiger partial charge < -0.3 is 15.1 Å². The first-order chi connectivity index (χ1) is 8.39. The lowest BCUT2D eigenvalue weighted by Crippen LogP contribution is -2.43. The number of anilines is 1. The fraction of sp³-hybridized carbons (Fsp3) is 0.583. The van der Waals surface area contributed by atoms with Gasteiger partial charge in [-0.05, 0) is 26.7 Å². The largest absolute Gasteiger partial charge is 0.477 e. The molecule has 18 heavy (non-hydrogen) atoms. The second-order valence-corrected chi connectivity index (χ2v) is 4.94. The highest BCUT2D eigenvalue weighted by atomic mass is 16.4. The van der Waals surface area contributed by atoms with Crippen LogP contribution in [0.3, 0.4) is 0 Å². The van der Waals surface area contributed by atoms with Gasteiger partial charge >= 0.3 is 5.97 Å². The third-order valence-corrected chi connectivity index (χ3v) is 3.26. The van der Waals surface area contributed by atoms with Crippen LogP contribution in [0.1, 0.15) is 35.9 Å². The topological polar surface area (TPSA) is 86.5 Å². The van der Waals surface area contributed by atoms with Gasteiger partial charge in [0.05, 0.1) is 5.60 Å². The summed E-state index contributed by atoms with van der Waals surface area (Å²) in [5.74, 6) is -0.0276. The molecule has 1 aliphatic heterocycles. The van der Waals surface area contributed by atoms with Crippen LogP contribution in [0.2, 0.25) is 0 Å². The Kier molecular flexibility index (Phi) is 3.21. The van der Waals surface area contributed by atoms with Gasteiger partial charge in [-0.2, -0.15) is 0 Å². The molecular formula is C12H17N3O3. The molecule has 1 aliphatic rings. The lowest BCUT2D eigenvalue weighted by Gasteiger charge is -2.36. The highest BCUT2D eigenvalue weighted by Gasteiger charge is 2.29. The maximum absolute atomic E-state index is 11.1. The molecule has 6 heteroatoms. The highest BCUT2D eigenvalue weighted by molar-refractivity contribution is 5.92. The zero-order valence-electron chi connectivity index (χ0n) is 10.6. The molecule has 0 aliphatic carbocycles. The van der Waals surface area contributed by atoms with Gasteiger partial charge in [0.2, 0.25) is 0 Å². The Bertz CT molecular complexity index is 464. The van der Waals surface area contributed by atoms with Crippen molar-refractivity contribution < 1.29 is 15.0 Å². The van der Waals surface area contributed by atoms with Gasteiger partial charge in [-0.3, -0.25) is 0 Å². The highest BCUT2D eigenvalue weighted by Crippen LogP contribution is 2.26. The fourth-order valence-electron chi connectivity index (χ4n) is 2.05. The summed E-state index contributed by atoms with van der Waals surface area (Å²) in [5.41, 5.74) is -0.552. The molecule has 2 N–H and O–H groups in total. The maximum atomic E-state index is 11.1. The van der Waals surface area contributed by atoms with Crippen molar-refractivity contribution in [3.05, 3.63) is 17.6 Å². The van der Waals surface area contributed by atoms with E-state index in [1.165, 1.54) is 6.20 Å². The van der Waals surface area contributed by atoms with Crippen LogP contribution < -0.4 is 4.90 Å². The molecule has 1 fully saturated rings. The van der Waals surface area contributed by atoms with Crippen LogP contribution in [-0.4, -0.2) is 44.8 Å². The third-order valence-electron chi connectivity index (χ3n) is 3.26. The van der Waals surface area contributed by atoms with Gasteiger partial charge in [0.1, 0.15) is 17.2 Å². The maximum Gasteiger partial charge on any atom is 0.341 e. The number of carboxylic acids is 1. The van der Waals surface area contributed by atoms with Crippen LogP contribution in [0.25, 0.3) is 0 Å². The van der Waals surface area contributed by atoms with Crippen molar-refractivity contribution >= 4 is 11.8 Å². The van der Waals surface area contributed by atoms with Crippen molar-refractivity contribution in [3.63, 3.8) is 0 Å². The van der Waals surface area contributed by atoms with Crippen LogP contribution in [0.5, 0.6) is 0 Å². The van der Waals surface area contributed by atoms with Crippen molar-refractivity contribution in [3.8, 4) is 0 Å². The molecule has 0 bridgehead atoms. The predicted octanol–water partition coefficient (Wildman–Crippen LogP) is 0.834. The Hall–Kier alpha value is -1.69. The van der Waals surface area contributed by atoms with Crippen molar-refractivity contribution in [2.75, 3.05) is 18.0 Å². The van der Waals surface area contributed by atoms with Crippen LogP contribution >= 0.6 is 0 Å². The van der Waals surface area contributed by atoms with Crippen molar-refractivity contribution in [2.24, 2.45) is 0 Å². The lowest BCUT2D eigenvalue weighted by molar-refractivity contribution is 0.0350. The number of nitrogens with zero attached hydrogens (tertiary/aromatic N) is 3. The molecule has 1 saturated heterocycles. The quantitative estimate of drug-likeness (QED) is 0.809. The molecule has 2 heterocycles. The average molecular weight is 251 g/mol. The van der Waals surface area contributed by atoms with E-state index in [0.717, 1.165) is 0 Å². The smallest absolute Gasteiger partial charge is 0.341 e. The van der Waals surface area contributed by atoms with E-state index in [1.807, 2.05) is 4.90 Å². The van der Waals surface area contributed by atoms with Gasteiger partial charge in [-0.1, -0.05) is 0 Å². The first-order valence-electron chi connectivity index (χ1n) is 5.93. The minimum Gasteiger partial charge on any atom is -0.477 e. The number of aryl methyl sites for hydroxylation is 1. The Morgan fingerprint density at radius 2 is 2.06 bits per heavy atom. The summed E-state index contributed by atoms with van der Waals surface area (Å²) in [6.07, 6.45) is 2.55. The monoisotopic (exact) mass is 251 g/mol. The van der Waals surface area contributed by atoms with Gasteiger partial charge in [-0.25, -0.2) is 14.8 Å². The molecule has 0 aromatic carbocycles. The van der Waals surface area contributed by atoms with Crippen molar-refractivity contribution in [2.45, 2.75) is 32.3 Å². The van der Waals surface area contributed by atoms with E-state index in [1.54, 1.807) is 13.8 Å². The first-order valence-corrected chi connectivity index (χ1v) is 5.93. The molecule has 98 valence electrons. The number of aromatic nitrogens is 2. The first kappa shape index (κ1) is 12.8. The zero-order chi connectivity index (χ0) is 13.3. The minimum absolute atomic E-state index is 0.113. The number of hydrogen-bond donors (Lipinski definition) is 2. The number of rotatable bonds is 2. The summed E-state index contributed by atoms with van der Waals surface area (Å²) < 4.78 is 0. The second-order valence-electron chi connectivity index (χ2n) is 4.94. The van der Waals surface area contributed by atoms with E-state index in [4.69, 9.17) is 5.11 Å². The molecular weight excluding hydrogens is 234 g/mol. The molecule has 0 unspecified atom stereocenters. The van der Waals surface area contributed by atoms with Crippen LogP contribution in [-0.2, 0) is 0 Å². The normalized spacial score (nSPS) is 18.7. The molecule has 0 radical (unpaired) electrons. The number of hydrogen-bond acceptors (Lipinski definition) is 5. The number of aromatic carboxylic acids is 1. The fourth-order valence-corrected chi connectivity index (χ4v) is 2.05. The molecule has 0 atom stereocenters. The van der Waals surface area contributed by atoms with Crippen LogP contribution in [0.4, 0.5) is 5.82 Å². The Morgan fingerprint density at radius 3 is 2.61 bits per heavy atom. The Labute approximate surface area is 105 Å². The van der Waals surface area contributed by atoms with E-state index in [0.29, 0.717) is 37.6 Å². The second kappa shape index (κ2) is 4.53. The number of piperidine rings is 1. The predicted molar refractivity (Wildman–Crippen MR) is 65.8 cm³/mol. The molecule has 1 aromatic heterocycles. The van der Waals surface area contributed by atoms with Crippen LogP contribution in [0, 0.1) is 6.92 Å². The summed E-state index contributed by atoms with van der Waals surface area (Å²) in [7, 11) is 0. The molecule has 0 spiro atoms. The summed E-state index contributed by atoms with van der Waals surface area (Å²) >= 11 is 0. The summed E-state index contributed by atoms with van der Waals surface area (Å²) in [6.45, 7) is 4.73. The van der Waals surface area contributed by atoms with Gasteiger partial charge in [0, 0.05) is 19.3 Å². The van der Waals surface area contributed by atoms with E-state index < -0.39 is 11.6 Å². The van der Waals surface area contributed by atoms with Crippen molar-refractivity contribution in [1.29, 1.82) is 0 Å². The molecule has 0 saturated carbocycles. The van der Waals surface area contributed by atoms with Crippen LogP contribution in [0.15, 0.2) is 6.20 Å². The summed E-state index contributed by atoms with van der Waals surface area (Å²) in [5, 5.41) is 19.0. The molecule has 6 nitrogen and oxygen atoms in total. The van der Waals surface area contributed by atoms with E-state index in [9.17, 15) is 9.90 Å². The average Bonchev–Trinajstić information content (AvgIpc) is 2.28. The standard InChI is InChI=1S/C12H17N3O3/c1-8-13-7-9(11(16)17)10(14-8)15-5-3-12(2,18)4-6-15/h7,18H,3-6H2,1-2H3,(H,16,17). The van der Waals surface area contributed by atoms with Gasteiger partial charge in [0.25, 0.3) is 0 Å². The third kappa shape index (κ3) is 2.59. The summed E-state index contributed by atoms with van der Waals surface area (Å²) in [6, 6.07) is 0. The number of carboxylic acid groups (broad SMARTS) is 1.